The number of benzene rings is 1. The number of carbonyl (C=O) groups is 1. The highest BCUT2D eigenvalue weighted by Gasteiger charge is 2.24. The number of aromatic amines is 1. The van der Waals surface area contributed by atoms with Gasteiger partial charge in [0.05, 0.1) is 17.1 Å². The smallest absolute Gasteiger partial charge is 0.270 e. The number of imidazole rings is 1. The summed E-state index contributed by atoms with van der Waals surface area (Å²) in [6, 6.07) is 10.9. The van der Waals surface area contributed by atoms with Crippen molar-refractivity contribution < 1.29 is 4.79 Å². The third-order valence-corrected chi connectivity index (χ3v) is 4.77. The van der Waals surface area contributed by atoms with Gasteiger partial charge in [0.15, 0.2) is 0 Å². The number of aromatic nitrogens is 4. The maximum atomic E-state index is 12.9. The molecule has 3 heterocycles. The Morgan fingerprint density at radius 3 is 2.75 bits per heavy atom. The van der Waals surface area contributed by atoms with Crippen LogP contribution in [0.15, 0.2) is 53.6 Å². The molecule has 4 aromatic rings. The van der Waals surface area contributed by atoms with Crippen LogP contribution < -0.4 is 10.9 Å². The molecule has 0 radical (unpaired) electrons. The molecular formula is C21H21N5O2. The quantitative estimate of drug-likeness (QED) is 0.573. The van der Waals surface area contributed by atoms with Crippen LogP contribution in [0.2, 0.25) is 0 Å². The number of hydrogen-bond donors (Lipinski definition) is 2. The van der Waals surface area contributed by atoms with Crippen LogP contribution in [0.3, 0.4) is 0 Å². The minimum Gasteiger partial charge on any atom is -0.342 e. The van der Waals surface area contributed by atoms with E-state index in [1.54, 1.807) is 12.3 Å². The zero-order valence-electron chi connectivity index (χ0n) is 15.9. The van der Waals surface area contributed by atoms with Crippen molar-refractivity contribution >= 4 is 22.6 Å². The van der Waals surface area contributed by atoms with E-state index in [1.807, 2.05) is 51.1 Å². The molecule has 0 bridgehead atoms. The van der Waals surface area contributed by atoms with E-state index in [1.165, 1.54) is 10.6 Å². The topological polar surface area (TPSA) is 92.1 Å². The average Bonchev–Trinajstić information content (AvgIpc) is 3.09. The number of amides is 1. The molecule has 2 N–H and O–H groups in total. The van der Waals surface area contributed by atoms with Gasteiger partial charge in [0.1, 0.15) is 17.0 Å². The highest BCUT2D eigenvalue weighted by Crippen LogP contribution is 2.22. The number of carbonyl (C=O) groups excluding carboxylic acids is 1. The number of nitrogens with one attached hydrogen (secondary N) is 2. The van der Waals surface area contributed by atoms with Crippen LogP contribution in [-0.4, -0.2) is 25.3 Å². The van der Waals surface area contributed by atoms with E-state index in [0.29, 0.717) is 11.5 Å². The van der Waals surface area contributed by atoms with E-state index in [-0.39, 0.29) is 17.5 Å². The van der Waals surface area contributed by atoms with E-state index < -0.39 is 11.5 Å². The minimum absolute atomic E-state index is 0.00288. The average molecular weight is 375 g/mol. The summed E-state index contributed by atoms with van der Waals surface area (Å²) in [5.74, 6) is 0.268. The monoisotopic (exact) mass is 375 g/mol. The van der Waals surface area contributed by atoms with Crippen LogP contribution in [0.5, 0.6) is 0 Å². The number of aryl methyl sites for hydroxylation is 1. The van der Waals surface area contributed by atoms with Crippen LogP contribution in [0.25, 0.3) is 16.7 Å². The lowest BCUT2D eigenvalue weighted by Crippen LogP contribution is -2.36. The second-order valence-electron chi connectivity index (χ2n) is 7.24. The molecule has 28 heavy (non-hydrogen) atoms. The molecule has 7 nitrogen and oxygen atoms in total. The zero-order valence-corrected chi connectivity index (χ0v) is 15.9. The number of rotatable bonds is 4. The molecule has 1 unspecified atom stereocenters. The molecule has 1 amide bonds. The molecule has 142 valence electrons. The van der Waals surface area contributed by atoms with Crippen molar-refractivity contribution in [3.8, 4) is 0 Å². The number of pyridine rings is 1. The fourth-order valence-corrected chi connectivity index (χ4v) is 3.22. The first kappa shape index (κ1) is 17.9. The van der Waals surface area contributed by atoms with E-state index in [4.69, 9.17) is 0 Å². The first-order valence-corrected chi connectivity index (χ1v) is 9.17. The Kier molecular flexibility index (Phi) is 4.43. The van der Waals surface area contributed by atoms with Gasteiger partial charge in [-0.25, -0.2) is 9.97 Å². The Hall–Kier alpha value is -3.48. The third kappa shape index (κ3) is 3.15. The Bertz CT molecular complexity index is 1210. The Labute approximate surface area is 161 Å². The fourth-order valence-electron chi connectivity index (χ4n) is 3.22. The van der Waals surface area contributed by atoms with Crippen LogP contribution in [0.1, 0.15) is 41.6 Å². The van der Waals surface area contributed by atoms with Crippen molar-refractivity contribution in [1.82, 2.24) is 24.7 Å². The summed E-state index contributed by atoms with van der Waals surface area (Å²) in [5.41, 5.74) is 2.85. The van der Waals surface area contributed by atoms with Crippen molar-refractivity contribution in [3.63, 3.8) is 0 Å². The largest absolute Gasteiger partial charge is 0.342 e. The van der Waals surface area contributed by atoms with Crippen LogP contribution >= 0.6 is 0 Å². The minimum atomic E-state index is -0.466. The standard InChI is InChI=1S/C21H21N5O2/c1-12(2)18(19-23-15-6-4-5-7-16(15)24-19)25-20(27)14-11-22-17-10-13(3)8-9-26(17)21(14)28/h4-12,18H,1-3H3,(H,23,24)(H,25,27). The lowest BCUT2D eigenvalue weighted by molar-refractivity contribution is 0.0921. The highest BCUT2D eigenvalue weighted by atomic mass is 16.2. The highest BCUT2D eigenvalue weighted by molar-refractivity contribution is 5.94. The van der Waals surface area contributed by atoms with Crippen molar-refractivity contribution in [3.05, 3.63) is 76.1 Å². The number of para-hydroxylation sites is 2. The van der Waals surface area contributed by atoms with Gasteiger partial charge in [-0.3, -0.25) is 14.0 Å². The van der Waals surface area contributed by atoms with Crippen LogP contribution in [0.4, 0.5) is 0 Å². The molecule has 3 aromatic heterocycles. The third-order valence-electron chi connectivity index (χ3n) is 4.77. The van der Waals surface area contributed by atoms with Gasteiger partial charge in [0.2, 0.25) is 0 Å². The Morgan fingerprint density at radius 1 is 1.21 bits per heavy atom. The number of H-pyrrole nitrogens is 1. The normalized spacial score (nSPS) is 12.6. The molecule has 0 spiro atoms. The number of nitrogens with zero attached hydrogens (tertiary/aromatic N) is 3. The van der Waals surface area contributed by atoms with Crippen molar-refractivity contribution in [2.24, 2.45) is 5.92 Å². The molecule has 1 aromatic carbocycles. The van der Waals surface area contributed by atoms with Crippen molar-refractivity contribution in [2.75, 3.05) is 0 Å². The summed E-state index contributed by atoms with van der Waals surface area (Å²) in [7, 11) is 0. The fraction of sp³-hybridized carbons (Fsp3) is 0.238. The molecule has 7 heteroatoms. The summed E-state index contributed by atoms with van der Waals surface area (Å²) in [5, 5.41) is 2.94. The summed E-state index contributed by atoms with van der Waals surface area (Å²) in [4.78, 5) is 37.7. The van der Waals surface area contributed by atoms with Gasteiger partial charge in [-0.05, 0) is 42.7 Å². The van der Waals surface area contributed by atoms with Gasteiger partial charge in [0, 0.05) is 12.4 Å². The first-order valence-electron chi connectivity index (χ1n) is 9.17. The lowest BCUT2D eigenvalue weighted by atomic mass is 10.0. The second kappa shape index (κ2) is 6.92. The predicted molar refractivity (Wildman–Crippen MR) is 107 cm³/mol. The summed E-state index contributed by atoms with van der Waals surface area (Å²) >= 11 is 0. The molecule has 4 rings (SSSR count). The summed E-state index contributed by atoms with van der Waals surface area (Å²) < 4.78 is 1.38. The Morgan fingerprint density at radius 2 is 2.00 bits per heavy atom. The molecule has 0 saturated heterocycles. The van der Waals surface area contributed by atoms with Gasteiger partial charge in [-0.1, -0.05) is 26.0 Å². The van der Waals surface area contributed by atoms with E-state index in [9.17, 15) is 9.59 Å². The van der Waals surface area contributed by atoms with Gasteiger partial charge < -0.3 is 10.3 Å². The number of hydrogen-bond acceptors (Lipinski definition) is 4. The molecule has 0 fully saturated rings. The van der Waals surface area contributed by atoms with Gasteiger partial charge in [-0.2, -0.15) is 0 Å². The van der Waals surface area contributed by atoms with E-state index in [0.717, 1.165) is 16.6 Å². The Balaban J connectivity index is 1.69. The SMILES string of the molecule is Cc1ccn2c(=O)c(C(=O)NC(c3nc4ccccc4[nH]3)C(C)C)cnc2c1. The molecule has 1 atom stereocenters. The van der Waals surface area contributed by atoms with Gasteiger partial charge in [-0.15, -0.1) is 0 Å². The predicted octanol–water partition coefficient (Wildman–Crippen LogP) is 3.01. The van der Waals surface area contributed by atoms with E-state index in [2.05, 4.69) is 20.3 Å². The maximum absolute atomic E-state index is 12.9. The molecule has 0 aliphatic carbocycles. The molecule has 0 aliphatic rings. The summed E-state index contributed by atoms with van der Waals surface area (Å²) in [6.07, 6.45) is 2.97. The van der Waals surface area contributed by atoms with E-state index >= 15 is 0 Å². The second-order valence-corrected chi connectivity index (χ2v) is 7.24. The van der Waals surface area contributed by atoms with Crippen molar-refractivity contribution in [1.29, 1.82) is 0 Å². The van der Waals surface area contributed by atoms with Gasteiger partial charge in [0.25, 0.3) is 11.5 Å². The maximum Gasteiger partial charge on any atom is 0.270 e. The first-order chi connectivity index (χ1) is 13.4. The molecular weight excluding hydrogens is 354 g/mol. The van der Waals surface area contributed by atoms with Gasteiger partial charge >= 0.3 is 0 Å². The lowest BCUT2D eigenvalue weighted by Gasteiger charge is -2.20. The molecule has 0 aliphatic heterocycles. The molecule has 0 saturated carbocycles. The van der Waals surface area contributed by atoms with Crippen LogP contribution in [0, 0.1) is 12.8 Å². The zero-order chi connectivity index (χ0) is 19.8. The van der Waals surface area contributed by atoms with Crippen molar-refractivity contribution in [2.45, 2.75) is 26.8 Å². The van der Waals surface area contributed by atoms with Crippen LogP contribution in [-0.2, 0) is 0 Å². The number of fused-ring (bicyclic) bond motifs is 2. The summed E-state index contributed by atoms with van der Waals surface area (Å²) in [6.45, 7) is 5.91.